The molecule has 1 aromatic heterocycles. The molecule has 0 saturated carbocycles. The Morgan fingerprint density at radius 2 is 1.63 bits per heavy atom. The van der Waals surface area contributed by atoms with Crippen LogP contribution in [0, 0.1) is 11.3 Å². The number of nitriles is 1. The minimum Gasteiger partial charge on any atom is -0.243 e. The van der Waals surface area contributed by atoms with Crippen LogP contribution in [0.2, 0.25) is 0 Å². The van der Waals surface area contributed by atoms with E-state index in [1.807, 2.05) is 0 Å². The monoisotopic (exact) mass is 338 g/mol. The van der Waals surface area contributed by atoms with Gasteiger partial charge in [0.2, 0.25) is 0 Å². The van der Waals surface area contributed by atoms with Crippen LogP contribution in [0.25, 0.3) is 0 Å². The average molecular weight is 338 g/mol. The summed E-state index contributed by atoms with van der Waals surface area (Å²) in [5, 5.41) is 0.615. The van der Waals surface area contributed by atoms with E-state index < -0.39 is 34.4 Å². The van der Waals surface area contributed by atoms with Crippen molar-refractivity contribution in [1.29, 1.82) is 5.26 Å². The Morgan fingerprint density at radius 1 is 1.11 bits per heavy atom. The molecular formula is C8H4F6N2S3. The molecule has 0 atom stereocenters. The van der Waals surface area contributed by atoms with E-state index in [9.17, 15) is 26.3 Å². The summed E-state index contributed by atoms with van der Waals surface area (Å²) in [4.78, 5) is 0. The summed E-state index contributed by atoms with van der Waals surface area (Å²) >= 11 is -0.246. The van der Waals surface area contributed by atoms with Gasteiger partial charge in [-0.3, -0.25) is 0 Å². The highest BCUT2D eigenvalue weighted by Crippen LogP contribution is 2.45. The Kier molecular flexibility index (Phi) is 5.40. The molecule has 1 aromatic rings. The van der Waals surface area contributed by atoms with Crippen molar-refractivity contribution in [3.63, 3.8) is 0 Å². The normalized spacial score (nSPS) is 12.5. The first-order valence-electron chi connectivity index (χ1n) is 4.40. The molecule has 0 amide bonds. The molecule has 0 spiro atoms. The lowest BCUT2D eigenvalue weighted by Gasteiger charge is -2.10. The Morgan fingerprint density at radius 3 is 2.11 bits per heavy atom. The van der Waals surface area contributed by atoms with E-state index in [0.717, 1.165) is 0 Å². The first kappa shape index (κ1) is 16.5. The molecule has 0 aliphatic carbocycles. The van der Waals surface area contributed by atoms with Gasteiger partial charge in [-0.05, 0) is 35.1 Å². The maximum atomic E-state index is 12.8. The molecule has 19 heavy (non-hydrogen) atoms. The van der Waals surface area contributed by atoms with Crippen LogP contribution >= 0.6 is 35.1 Å². The number of thioether (sulfide) groups is 2. The third-order valence-electron chi connectivity index (χ3n) is 1.54. The number of aromatic nitrogens is 1. The summed E-state index contributed by atoms with van der Waals surface area (Å²) in [5.74, 6) is 0. The molecule has 0 aliphatic rings. The lowest BCUT2D eigenvalue weighted by Crippen LogP contribution is -2.13. The van der Waals surface area contributed by atoms with Crippen LogP contribution in [0.1, 0.15) is 5.56 Å². The predicted molar refractivity (Wildman–Crippen MR) is 60.4 cm³/mol. The smallest absolute Gasteiger partial charge is 0.243 e. The highest BCUT2D eigenvalue weighted by molar-refractivity contribution is 8.02. The fourth-order valence-corrected chi connectivity index (χ4v) is 3.49. The van der Waals surface area contributed by atoms with Crippen molar-refractivity contribution < 1.29 is 26.3 Å². The van der Waals surface area contributed by atoms with Crippen LogP contribution in [0.15, 0.2) is 9.24 Å². The summed E-state index contributed by atoms with van der Waals surface area (Å²) in [5.41, 5.74) is -0.527. The van der Waals surface area contributed by atoms with Gasteiger partial charge in [-0.15, -0.1) is 0 Å². The van der Waals surface area contributed by atoms with Crippen LogP contribution < -0.4 is 0 Å². The van der Waals surface area contributed by atoms with Gasteiger partial charge >= 0.3 is 10.5 Å². The van der Waals surface area contributed by atoms with Crippen LogP contribution in [0.3, 0.4) is 0 Å². The van der Waals surface area contributed by atoms with Gasteiger partial charge in [0, 0.05) is 0 Å². The number of hydrogen-bond donors (Lipinski definition) is 0. The van der Waals surface area contributed by atoms with Crippen molar-refractivity contribution in [3.8, 4) is 6.07 Å². The predicted octanol–water partition coefficient (Wildman–Crippen LogP) is 4.32. The Hall–Kier alpha value is -0.600. The molecule has 11 heteroatoms. The zero-order valence-corrected chi connectivity index (χ0v) is 11.3. The maximum absolute atomic E-state index is 12.8. The van der Waals surface area contributed by atoms with E-state index in [2.05, 4.69) is 4.37 Å². The van der Waals surface area contributed by atoms with Gasteiger partial charge in [-0.25, -0.2) is 8.78 Å². The second-order valence-electron chi connectivity index (χ2n) is 3.01. The second kappa shape index (κ2) is 6.23. The summed E-state index contributed by atoms with van der Waals surface area (Å²) < 4.78 is 78.2. The molecule has 2 nitrogen and oxygen atoms in total. The first-order chi connectivity index (χ1) is 8.74. The molecule has 0 aliphatic heterocycles. The fourth-order valence-electron chi connectivity index (χ4n) is 0.826. The fraction of sp³-hybridized carbons (Fsp3) is 0.500. The van der Waals surface area contributed by atoms with Crippen molar-refractivity contribution in [2.45, 2.75) is 19.7 Å². The average Bonchev–Trinajstić information content (AvgIpc) is 2.70. The van der Waals surface area contributed by atoms with Crippen molar-refractivity contribution in [2.24, 2.45) is 0 Å². The van der Waals surface area contributed by atoms with E-state index in [1.54, 1.807) is 0 Å². The first-order valence-corrected chi connectivity index (χ1v) is 6.80. The van der Waals surface area contributed by atoms with Crippen molar-refractivity contribution in [2.75, 3.05) is 13.3 Å². The zero-order chi connectivity index (χ0) is 14.7. The lowest BCUT2D eigenvalue weighted by molar-refractivity contribution is 0.0739. The highest BCUT2D eigenvalue weighted by Gasteiger charge is 2.37. The summed E-state index contributed by atoms with van der Waals surface area (Å²) in [6.45, 7) is -3.95. The highest BCUT2D eigenvalue weighted by atomic mass is 32.2. The number of nitrogens with zero attached hydrogens (tertiary/aromatic N) is 2. The van der Waals surface area contributed by atoms with Gasteiger partial charge in [-0.2, -0.15) is 27.2 Å². The van der Waals surface area contributed by atoms with Gasteiger partial charge in [-0.1, -0.05) is 0 Å². The maximum Gasteiger partial charge on any atom is 0.327 e. The number of hydrogen-bond acceptors (Lipinski definition) is 5. The van der Waals surface area contributed by atoms with Crippen molar-refractivity contribution >= 4 is 35.1 Å². The zero-order valence-electron chi connectivity index (χ0n) is 8.80. The number of rotatable bonds is 6. The summed E-state index contributed by atoms with van der Waals surface area (Å²) in [6.07, 6.45) is 0. The molecule has 0 bridgehead atoms. The van der Waals surface area contributed by atoms with Crippen molar-refractivity contribution in [3.05, 3.63) is 5.56 Å². The minimum atomic E-state index is -3.80. The minimum absolute atomic E-state index is 0.275. The second-order valence-corrected chi connectivity index (χ2v) is 6.44. The molecule has 1 rings (SSSR count). The Labute approximate surface area is 116 Å². The van der Waals surface area contributed by atoms with E-state index in [4.69, 9.17) is 5.26 Å². The van der Waals surface area contributed by atoms with Gasteiger partial charge < -0.3 is 0 Å². The third kappa shape index (κ3) is 4.47. The van der Waals surface area contributed by atoms with Crippen LogP contribution in [0.5, 0.6) is 0 Å². The quantitative estimate of drug-likeness (QED) is 0.572. The van der Waals surface area contributed by atoms with Gasteiger partial charge in [0.05, 0.1) is 0 Å². The Balaban J connectivity index is 3.00. The topological polar surface area (TPSA) is 36.7 Å². The lowest BCUT2D eigenvalue weighted by atomic mass is 10.4. The number of alkyl halides is 6. The van der Waals surface area contributed by atoms with E-state index in [-0.39, 0.29) is 27.7 Å². The molecular weight excluding hydrogens is 334 g/mol. The molecule has 106 valence electrons. The summed E-state index contributed by atoms with van der Waals surface area (Å²) in [6, 6.07) is 1.43. The Bertz CT molecular complexity index is 448. The van der Waals surface area contributed by atoms with Crippen LogP contribution in [-0.2, 0) is 0 Å². The van der Waals surface area contributed by atoms with Crippen LogP contribution in [-0.4, -0.2) is 28.2 Å². The van der Waals surface area contributed by atoms with E-state index in [1.165, 1.54) is 6.07 Å². The van der Waals surface area contributed by atoms with Crippen LogP contribution in [0.4, 0.5) is 26.3 Å². The summed E-state index contributed by atoms with van der Waals surface area (Å²) in [7, 11) is 0. The molecule has 0 N–H and O–H groups in total. The number of halogens is 6. The van der Waals surface area contributed by atoms with Gasteiger partial charge in [0.15, 0.2) is 13.3 Å². The van der Waals surface area contributed by atoms with Gasteiger partial charge in [0.1, 0.15) is 20.9 Å². The molecule has 0 fully saturated rings. The van der Waals surface area contributed by atoms with E-state index in [0.29, 0.717) is 11.5 Å². The molecule has 0 aromatic carbocycles. The third-order valence-corrected chi connectivity index (χ3v) is 4.47. The van der Waals surface area contributed by atoms with Gasteiger partial charge in [0.25, 0.3) is 0 Å². The molecule has 1 heterocycles. The van der Waals surface area contributed by atoms with Crippen molar-refractivity contribution in [1.82, 2.24) is 4.37 Å². The molecule has 0 radical (unpaired) electrons. The standard InChI is InChI=1S/C8H4F6N2S3/c9-2-7(11,12)17-5-4(1-15)6(19-16-5)18-8(13,14)3-10/h2-3H2. The molecule has 0 unspecified atom stereocenters. The SMILES string of the molecule is N#Cc1c(SC(F)(F)CF)nsc1SC(F)(F)CF. The largest absolute Gasteiger partial charge is 0.327 e. The van der Waals surface area contributed by atoms with E-state index >= 15 is 0 Å². The molecule has 0 saturated heterocycles.